The van der Waals surface area contributed by atoms with Crippen LogP contribution in [0.15, 0.2) is 0 Å². The van der Waals surface area contributed by atoms with E-state index in [0.717, 1.165) is 0 Å². The summed E-state index contributed by atoms with van der Waals surface area (Å²) in [5.41, 5.74) is 0. The maximum Gasteiger partial charge on any atom is 0.248 e. The topological polar surface area (TPSA) is 154 Å². The minimum Gasteiger partial charge on any atom is -0.391 e. The van der Waals surface area contributed by atoms with Gasteiger partial charge in [-0.2, -0.15) is 0 Å². The van der Waals surface area contributed by atoms with E-state index in [4.69, 9.17) is 0 Å². The lowest BCUT2D eigenvalue weighted by molar-refractivity contribution is -0.136. The molecule has 0 bridgehead atoms. The number of carbonyl (C=O) groups excluding carboxylic acids is 5. The van der Waals surface area contributed by atoms with Gasteiger partial charge in [0.1, 0.15) is 12.1 Å². The number of amides is 5. The molecule has 0 aromatic heterocycles. The van der Waals surface area contributed by atoms with Crippen LogP contribution in [0.5, 0.6) is 0 Å². The molecule has 37 heavy (non-hydrogen) atoms. The molecule has 214 valence electrons. The normalized spacial score (nSPS) is 15.6. The summed E-state index contributed by atoms with van der Waals surface area (Å²) in [6.07, 6.45) is -0.196. The summed E-state index contributed by atoms with van der Waals surface area (Å²) in [6.45, 7) is 17.9. The second-order valence-electron chi connectivity index (χ2n) is 11.6. The summed E-state index contributed by atoms with van der Waals surface area (Å²) in [6, 6.07) is -2.31. The molecule has 3 unspecified atom stereocenters. The lowest BCUT2D eigenvalue weighted by Crippen LogP contribution is -2.55. The Bertz CT molecular complexity index is 781. The first-order valence-corrected chi connectivity index (χ1v) is 13.4. The Morgan fingerprint density at radius 1 is 0.649 bits per heavy atom. The fourth-order valence-corrected chi connectivity index (χ4v) is 3.66. The minimum atomic E-state index is -1.03. The van der Waals surface area contributed by atoms with Crippen molar-refractivity contribution in [2.75, 3.05) is 0 Å². The van der Waals surface area contributed by atoms with Gasteiger partial charge in [0.2, 0.25) is 29.5 Å². The maximum atomic E-state index is 13.1. The first kappa shape index (κ1) is 34.5. The molecule has 0 aliphatic carbocycles. The summed E-state index contributed by atoms with van der Waals surface area (Å²) < 4.78 is 0. The highest BCUT2D eigenvalue weighted by molar-refractivity contribution is 5.99. The van der Waals surface area contributed by atoms with Gasteiger partial charge < -0.3 is 21.1 Å². The second kappa shape index (κ2) is 16.4. The molecule has 5 N–H and O–H groups in total. The van der Waals surface area contributed by atoms with E-state index < -0.39 is 47.9 Å². The van der Waals surface area contributed by atoms with Crippen molar-refractivity contribution in [2.24, 2.45) is 29.6 Å². The molecule has 0 saturated heterocycles. The molecule has 0 radical (unpaired) electrons. The Balaban J connectivity index is 5.25. The molecule has 5 atom stereocenters. The van der Waals surface area contributed by atoms with Gasteiger partial charge >= 0.3 is 0 Å². The van der Waals surface area contributed by atoms with Crippen LogP contribution in [-0.4, -0.2) is 58.9 Å². The van der Waals surface area contributed by atoms with E-state index in [9.17, 15) is 29.1 Å². The molecule has 0 aromatic rings. The van der Waals surface area contributed by atoms with Crippen molar-refractivity contribution in [3.05, 3.63) is 0 Å². The quantitative estimate of drug-likeness (QED) is 0.220. The highest BCUT2D eigenvalue weighted by atomic mass is 16.3. The number of nitrogens with one attached hydrogen (secondary N) is 4. The van der Waals surface area contributed by atoms with Gasteiger partial charge in [-0.3, -0.25) is 29.3 Å². The molecule has 5 amide bonds. The second-order valence-corrected chi connectivity index (χ2v) is 11.6. The Labute approximate surface area is 222 Å². The molecular weight excluding hydrogens is 476 g/mol. The lowest BCUT2D eigenvalue weighted by Gasteiger charge is -2.30. The van der Waals surface area contributed by atoms with Crippen LogP contribution in [0.3, 0.4) is 0 Å². The van der Waals surface area contributed by atoms with E-state index in [1.807, 2.05) is 41.5 Å². The third kappa shape index (κ3) is 13.6. The molecule has 0 rings (SSSR count). The number of rotatable bonds is 15. The van der Waals surface area contributed by atoms with Crippen molar-refractivity contribution in [1.82, 2.24) is 21.3 Å². The van der Waals surface area contributed by atoms with Crippen LogP contribution >= 0.6 is 0 Å². The summed E-state index contributed by atoms with van der Waals surface area (Å²) in [7, 11) is 0. The van der Waals surface area contributed by atoms with Gasteiger partial charge in [-0.25, -0.2) is 0 Å². The standard InChI is InChI=1S/C27H50N4O6/c1-14(2)11-20(29-27(37)23(16(5)6)30-22(33)12-15(3)4)21(32)13-18(9)25(35)28-19(10)26(36)31-24(34)17(7)8/h14-21,23,32H,11-13H2,1-10H3,(H,28,35)(H,29,37)(H,30,33)(H,31,34,36)/t18?,19?,20-,21-,23?/m0/s1. The third-order valence-corrected chi connectivity index (χ3v) is 5.94. The zero-order valence-corrected chi connectivity index (χ0v) is 24.3. The van der Waals surface area contributed by atoms with Crippen LogP contribution in [-0.2, 0) is 24.0 Å². The van der Waals surface area contributed by atoms with Crippen molar-refractivity contribution < 1.29 is 29.1 Å². The molecule has 0 aromatic carbocycles. The van der Waals surface area contributed by atoms with Gasteiger partial charge in [0.25, 0.3) is 0 Å². The molecule has 10 heteroatoms. The van der Waals surface area contributed by atoms with Gasteiger partial charge in [-0.05, 0) is 37.5 Å². The summed E-state index contributed by atoms with van der Waals surface area (Å²) >= 11 is 0. The Morgan fingerprint density at radius 2 is 1.22 bits per heavy atom. The largest absolute Gasteiger partial charge is 0.391 e. The molecule has 0 saturated carbocycles. The fourth-order valence-electron chi connectivity index (χ4n) is 3.66. The highest BCUT2D eigenvalue weighted by Crippen LogP contribution is 2.17. The predicted molar refractivity (Wildman–Crippen MR) is 143 cm³/mol. The lowest BCUT2D eigenvalue weighted by atomic mass is 9.91. The molecule has 10 nitrogen and oxygen atoms in total. The average molecular weight is 527 g/mol. The Morgan fingerprint density at radius 3 is 1.68 bits per heavy atom. The molecule has 0 heterocycles. The van der Waals surface area contributed by atoms with Crippen LogP contribution in [0.1, 0.15) is 88.5 Å². The van der Waals surface area contributed by atoms with Crippen LogP contribution in [0.4, 0.5) is 0 Å². The first-order valence-electron chi connectivity index (χ1n) is 13.4. The Hall–Kier alpha value is -2.49. The minimum absolute atomic E-state index is 0.0504. The van der Waals surface area contributed by atoms with Crippen LogP contribution < -0.4 is 21.3 Å². The van der Waals surface area contributed by atoms with Gasteiger partial charge in [0.05, 0.1) is 12.1 Å². The van der Waals surface area contributed by atoms with E-state index in [0.29, 0.717) is 12.8 Å². The van der Waals surface area contributed by atoms with E-state index in [1.165, 1.54) is 6.92 Å². The molecule has 0 spiro atoms. The van der Waals surface area contributed by atoms with E-state index >= 15 is 0 Å². The predicted octanol–water partition coefficient (Wildman–Crippen LogP) is 1.89. The number of carbonyl (C=O) groups is 5. The third-order valence-electron chi connectivity index (χ3n) is 5.94. The van der Waals surface area contributed by atoms with E-state index in [2.05, 4.69) is 21.3 Å². The summed E-state index contributed by atoms with van der Waals surface area (Å²) in [4.78, 5) is 61.9. The average Bonchev–Trinajstić information content (AvgIpc) is 2.75. The van der Waals surface area contributed by atoms with Crippen molar-refractivity contribution in [1.29, 1.82) is 0 Å². The maximum absolute atomic E-state index is 13.1. The number of hydrogen-bond donors (Lipinski definition) is 5. The van der Waals surface area contributed by atoms with Crippen molar-refractivity contribution in [2.45, 2.75) is 113 Å². The van der Waals surface area contributed by atoms with Crippen LogP contribution in [0.25, 0.3) is 0 Å². The summed E-state index contributed by atoms with van der Waals surface area (Å²) in [5.74, 6) is -2.95. The van der Waals surface area contributed by atoms with Crippen molar-refractivity contribution >= 4 is 29.5 Å². The number of imide groups is 1. The summed E-state index contributed by atoms with van der Waals surface area (Å²) in [5, 5.41) is 21.5. The smallest absolute Gasteiger partial charge is 0.248 e. The molecule has 0 fully saturated rings. The first-order chi connectivity index (χ1) is 17.0. The molecule has 0 aliphatic rings. The molecular formula is C27H50N4O6. The van der Waals surface area contributed by atoms with E-state index in [1.54, 1.807) is 20.8 Å². The zero-order valence-electron chi connectivity index (χ0n) is 24.3. The van der Waals surface area contributed by atoms with Crippen molar-refractivity contribution in [3.63, 3.8) is 0 Å². The SMILES string of the molecule is CC(C)CC(=O)NC(C(=O)N[C@@H](CC(C)C)[C@@H](O)CC(C)C(=O)NC(C)C(=O)NC(=O)C(C)C)C(C)C. The zero-order chi connectivity index (χ0) is 29.0. The fraction of sp³-hybridized carbons (Fsp3) is 0.815. The Kier molecular flexibility index (Phi) is 15.3. The van der Waals surface area contributed by atoms with Crippen LogP contribution in [0, 0.1) is 29.6 Å². The molecule has 0 aliphatic heterocycles. The number of aliphatic hydroxyl groups is 1. The van der Waals surface area contributed by atoms with Crippen molar-refractivity contribution in [3.8, 4) is 0 Å². The van der Waals surface area contributed by atoms with Crippen LogP contribution in [0.2, 0.25) is 0 Å². The highest BCUT2D eigenvalue weighted by Gasteiger charge is 2.31. The van der Waals surface area contributed by atoms with Gasteiger partial charge in [-0.15, -0.1) is 0 Å². The van der Waals surface area contributed by atoms with Gasteiger partial charge in [-0.1, -0.05) is 62.3 Å². The number of aliphatic hydroxyl groups excluding tert-OH is 1. The van der Waals surface area contributed by atoms with Gasteiger partial charge in [0, 0.05) is 18.3 Å². The monoisotopic (exact) mass is 526 g/mol. The van der Waals surface area contributed by atoms with Gasteiger partial charge in [0.15, 0.2) is 0 Å². The van der Waals surface area contributed by atoms with E-state index in [-0.39, 0.29) is 41.9 Å². The number of hydrogen-bond acceptors (Lipinski definition) is 6.